The number of aryl methyl sites for hydroxylation is 1. The average molecular weight is 369 g/mol. The van der Waals surface area contributed by atoms with Crippen LogP contribution in [0.3, 0.4) is 0 Å². The zero-order valence-electron chi connectivity index (χ0n) is 11.7. The van der Waals surface area contributed by atoms with E-state index in [0.717, 1.165) is 10.0 Å². The summed E-state index contributed by atoms with van der Waals surface area (Å²) in [6.07, 6.45) is -0.628. The van der Waals surface area contributed by atoms with Crippen molar-refractivity contribution in [3.63, 3.8) is 0 Å². The number of amides is 1. The van der Waals surface area contributed by atoms with E-state index < -0.39 is 6.10 Å². The van der Waals surface area contributed by atoms with Crippen molar-refractivity contribution in [1.82, 2.24) is 0 Å². The van der Waals surface area contributed by atoms with E-state index in [1.165, 1.54) is 0 Å². The smallest absolute Gasteiger partial charge is 0.265 e. The highest BCUT2D eigenvalue weighted by Crippen LogP contribution is 2.24. The summed E-state index contributed by atoms with van der Waals surface area (Å²) >= 11 is 9.31. The molecule has 0 aromatic heterocycles. The van der Waals surface area contributed by atoms with Gasteiger partial charge in [-0.3, -0.25) is 4.79 Å². The summed E-state index contributed by atoms with van der Waals surface area (Å²) in [6.45, 7) is 3.68. The Hall–Kier alpha value is -1.52. The molecule has 21 heavy (non-hydrogen) atoms. The molecule has 0 saturated carbocycles. The van der Waals surface area contributed by atoms with Crippen LogP contribution in [0.1, 0.15) is 12.5 Å². The van der Waals surface area contributed by atoms with Crippen LogP contribution in [0.5, 0.6) is 5.75 Å². The standard InChI is InChI=1S/C16H15BrClNO2/c1-10-6-7-15(14(17)8-10)19-16(20)11(2)21-13-5-3-4-12(18)9-13/h3-9,11H,1-2H3,(H,19,20)/t11-/m1/s1. The van der Waals surface area contributed by atoms with Crippen molar-refractivity contribution in [2.75, 3.05) is 5.32 Å². The molecule has 0 spiro atoms. The van der Waals surface area contributed by atoms with E-state index >= 15 is 0 Å². The molecule has 110 valence electrons. The molecule has 1 atom stereocenters. The van der Waals surface area contributed by atoms with Gasteiger partial charge in [-0.05, 0) is 65.7 Å². The number of halogens is 2. The van der Waals surface area contributed by atoms with Crippen molar-refractivity contribution >= 4 is 39.1 Å². The molecular weight excluding hydrogens is 354 g/mol. The molecule has 1 amide bonds. The van der Waals surface area contributed by atoms with E-state index in [9.17, 15) is 4.79 Å². The summed E-state index contributed by atoms with van der Waals surface area (Å²) in [4.78, 5) is 12.1. The topological polar surface area (TPSA) is 38.3 Å². The molecule has 0 saturated heterocycles. The van der Waals surface area contributed by atoms with Crippen molar-refractivity contribution in [3.05, 3.63) is 57.5 Å². The molecule has 3 nitrogen and oxygen atoms in total. The molecule has 0 aliphatic carbocycles. The molecular formula is C16H15BrClNO2. The number of ether oxygens (including phenoxy) is 1. The molecule has 0 radical (unpaired) electrons. The van der Waals surface area contributed by atoms with Crippen molar-refractivity contribution < 1.29 is 9.53 Å². The van der Waals surface area contributed by atoms with Crippen LogP contribution in [-0.2, 0) is 4.79 Å². The monoisotopic (exact) mass is 367 g/mol. The van der Waals surface area contributed by atoms with E-state index in [1.54, 1.807) is 31.2 Å². The Morgan fingerprint density at radius 3 is 2.71 bits per heavy atom. The first-order valence-electron chi connectivity index (χ1n) is 6.45. The van der Waals surface area contributed by atoms with E-state index in [0.29, 0.717) is 16.5 Å². The van der Waals surface area contributed by atoms with Crippen molar-refractivity contribution in [3.8, 4) is 5.75 Å². The fourth-order valence-electron chi connectivity index (χ4n) is 1.75. The first-order valence-corrected chi connectivity index (χ1v) is 7.62. The van der Waals surface area contributed by atoms with Gasteiger partial charge in [0.15, 0.2) is 6.10 Å². The summed E-state index contributed by atoms with van der Waals surface area (Å²) in [5.41, 5.74) is 1.83. The molecule has 0 unspecified atom stereocenters. The van der Waals surface area contributed by atoms with Crippen LogP contribution in [0, 0.1) is 6.92 Å². The lowest BCUT2D eigenvalue weighted by Crippen LogP contribution is -2.30. The molecule has 0 fully saturated rings. The summed E-state index contributed by atoms with van der Waals surface area (Å²) in [5.74, 6) is 0.340. The minimum atomic E-state index is -0.628. The van der Waals surface area contributed by atoms with Crippen LogP contribution < -0.4 is 10.1 Å². The van der Waals surface area contributed by atoms with Gasteiger partial charge in [0, 0.05) is 9.50 Å². The van der Waals surface area contributed by atoms with Gasteiger partial charge >= 0.3 is 0 Å². The maximum Gasteiger partial charge on any atom is 0.265 e. The van der Waals surface area contributed by atoms with Gasteiger partial charge in [0.1, 0.15) is 5.75 Å². The molecule has 1 N–H and O–H groups in total. The van der Waals surface area contributed by atoms with Gasteiger partial charge in [0.2, 0.25) is 0 Å². The second-order valence-electron chi connectivity index (χ2n) is 4.69. The minimum absolute atomic E-state index is 0.223. The fourth-order valence-corrected chi connectivity index (χ4v) is 2.53. The Kier molecular flexibility index (Phi) is 5.26. The molecule has 0 aliphatic heterocycles. The van der Waals surface area contributed by atoms with Crippen LogP contribution in [0.2, 0.25) is 5.02 Å². The third-order valence-corrected chi connectivity index (χ3v) is 3.75. The third kappa shape index (κ3) is 4.48. The third-order valence-electron chi connectivity index (χ3n) is 2.86. The SMILES string of the molecule is Cc1ccc(NC(=O)[C@@H](C)Oc2cccc(Cl)c2)c(Br)c1. The number of anilines is 1. The lowest BCUT2D eigenvalue weighted by atomic mass is 10.2. The predicted octanol–water partition coefficient (Wildman–Crippen LogP) is 4.82. The zero-order valence-corrected chi connectivity index (χ0v) is 14.0. The van der Waals surface area contributed by atoms with Gasteiger partial charge in [-0.2, -0.15) is 0 Å². The Morgan fingerprint density at radius 1 is 1.29 bits per heavy atom. The Labute approximate surface area is 137 Å². The van der Waals surface area contributed by atoms with Crippen LogP contribution in [-0.4, -0.2) is 12.0 Å². The number of hydrogen-bond acceptors (Lipinski definition) is 2. The quantitative estimate of drug-likeness (QED) is 0.840. The van der Waals surface area contributed by atoms with Gasteiger partial charge < -0.3 is 10.1 Å². The van der Waals surface area contributed by atoms with E-state index in [4.69, 9.17) is 16.3 Å². The van der Waals surface area contributed by atoms with Crippen LogP contribution in [0.15, 0.2) is 46.9 Å². The molecule has 2 aromatic carbocycles. The first kappa shape index (κ1) is 15.9. The summed E-state index contributed by atoms with van der Waals surface area (Å²) in [6, 6.07) is 12.7. The highest BCUT2D eigenvalue weighted by molar-refractivity contribution is 9.10. The zero-order chi connectivity index (χ0) is 15.4. The maximum atomic E-state index is 12.1. The normalized spacial score (nSPS) is 11.8. The Morgan fingerprint density at radius 2 is 2.05 bits per heavy atom. The number of benzene rings is 2. The summed E-state index contributed by atoms with van der Waals surface area (Å²) < 4.78 is 6.42. The highest BCUT2D eigenvalue weighted by atomic mass is 79.9. The second-order valence-corrected chi connectivity index (χ2v) is 5.98. The molecule has 0 bridgehead atoms. The average Bonchev–Trinajstić information content (AvgIpc) is 2.41. The first-order chi connectivity index (χ1) is 9.95. The van der Waals surface area contributed by atoms with Crippen LogP contribution >= 0.6 is 27.5 Å². The highest BCUT2D eigenvalue weighted by Gasteiger charge is 2.16. The van der Waals surface area contributed by atoms with Crippen molar-refractivity contribution in [2.24, 2.45) is 0 Å². The molecule has 5 heteroatoms. The lowest BCUT2D eigenvalue weighted by molar-refractivity contribution is -0.122. The Balaban J connectivity index is 2.02. The van der Waals surface area contributed by atoms with E-state index in [2.05, 4.69) is 21.2 Å². The predicted molar refractivity (Wildman–Crippen MR) is 89.1 cm³/mol. The van der Waals surface area contributed by atoms with Crippen molar-refractivity contribution in [1.29, 1.82) is 0 Å². The second kappa shape index (κ2) is 6.96. The van der Waals surface area contributed by atoms with Gasteiger partial charge in [-0.25, -0.2) is 0 Å². The summed E-state index contributed by atoms with van der Waals surface area (Å²) in [5, 5.41) is 3.40. The number of carbonyl (C=O) groups is 1. The largest absolute Gasteiger partial charge is 0.481 e. The van der Waals surface area contributed by atoms with Crippen LogP contribution in [0.4, 0.5) is 5.69 Å². The van der Waals surface area contributed by atoms with E-state index in [1.807, 2.05) is 25.1 Å². The summed E-state index contributed by atoms with van der Waals surface area (Å²) in [7, 11) is 0. The van der Waals surface area contributed by atoms with Crippen molar-refractivity contribution in [2.45, 2.75) is 20.0 Å². The Bertz CT molecular complexity index is 660. The number of hydrogen-bond donors (Lipinski definition) is 1. The number of carbonyl (C=O) groups excluding carboxylic acids is 1. The molecule has 0 aliphatic rings. The number of nitrogens with one attached hydrogen (secondary N) is 1. The maximum absolute atomic E-state index is 12.1. The van der Waals surface area contributed by atoms with E-state index in [-0.39, 0.29) is 5.91 Å². The van der Waals surface area contributed by atoms with Gasteiger partial charge in [0.25, 0.3) is 5.91 Å². The number of rotatable bonds is 4. The van der Waals surface area contributed by atoms with Gasteiger partial charge in [0.05, 0.1) is 5.69 Å². The van der Waals surface area contributed by atoms with Gasteiger partial charge in [-0.15, -0.1) is 0 Å². The molecule has 2 aromatic rings. The van der Waals surface area contributed by atoms with Crippen LogP contribution in [0.25, 0.3) is 0 Å². The minimum Gasteiger partial charge on any atom is -0.481 e. The fraction of sp³-hybridized carbons (Fsp3) is 0.188. The lowest BCUT2D eigenvalue weighted by Gasteiger charge is -2.15. The molecule has 0 heterocycles. The van der Waals surface area contributed by atoms with Gasteiger partial charge in [-0.1, -0.05) is 23.7 Å². The molecule has 2 rings (SSSR count).